The Kier molecular flexibility index (Phi) is 6.99. The first-order valence-electron chi connectivity index (χ1n) is 9.93. The minimum Gasteiger partial charge on any atom is -0.347 e. The largest absolute Gasteiger partial charge is 0.419 e. The number of halogens is 5. The molecule has 0 aliphatic carbocycles. The van der Waals surface area contributed by atoms with Gasteiger partial charge < -0.3 is 10.6 Å². The summed E-state index contributed by atoms with van der Waals surface area (Å²) in [4.78, 5) is 17.9. The average molecular weight is 550 g/mol. The van der Waals surface area contributed by atoms with Crippen LogP contribution in [-0.2, 0) is 12.7 Å². The second kappa shape index (κ2) is 9.94. The minimum absolute atomic E-state index is 0.126. The Morgan fingerprint density at radius 1 is 1.00 bits per heavy atom. The van der Waals surface area contributed by atoms with Crippen molar-refractivity contribution in [3.8, 4) is 11.3 Å². The third-order valence-electron chi connectivity index (χ3n) is 4.77. The van der Waals surface area contributed by atoms with Crippen molar-refractivity contribution in [2.75, 3.05) is 5.32 Å². The van der Waals surface area contributed by atoms with E-state index in [-0.39, 0.29) is 12.1 Å². The van der Waals surface area contributed by atoms with Crippen LogP contribution in [-0.4, -0.2) is 10.9 Å². The Morgan fingerprint density at radius 2 is 1.71 bits per heavy atom. The van der Waals surface area contributed by atoms with Crippen molar-refractivity contribution in [2.45, 2.75) is 12.7 Å². The lowest BCUT2D eigenvalue weighted by Crippen LogP contribution is -2.23. The highest BCUT2D eigenvalue weighted by molar-refractivity contribution is 9.10. The van der Waals surface area contributed by atoms with Gasteiger partial charge in [-0.05, 0) is 42.0 Å². The predicted octanol–water partition coefficient (Wildman–Crippen LogP) is 7.40. The molecule has 4 nitrogen and oxygen atoms in total. The third kappa shape index (κ3) is 5.63. The number of thiazole rings is 1. The van der Waals surface area contributed by atoms with Crippen LogP contribution in [0.1, 0.15) is 20.8 Å². The molecular formula is C24H16BrF4N3OS. The molecule has 0 atom stereocenters. The molecule has 0 saturated heterocycles. The number of aromatic nitrogens is 1. The summed E-state index contributed by atoms with van der Waals surface area (Å²) in [5.41, 5.74) is 0.685. The topological polar surface area (TPSA) is 54.0 Å². The third-order valence-corrected chi connectivity index (χ3v) is 6.26. The van der Waals surface area contributed by atoms with Crippen molar-refractivity contribution >= 4 is 44.0 Å². The zero-order valence-corrected chi connectivity index (χ0v) is 19.7. The molecule has 0 aliphatic rings. The maximum Gasteiger partial charge on any atom is 0.419 e. The molecule has 0 bridgehead atoms. The van der Waals surface area contributed by atoms with Gasteiger partial charge >= 0.3 is 6.18 Å². The maximum atomic E-state index is 13.6. The number of anilines is 2. The molecule has 0 radical (unpaired) electrons. The molecule has 0 aliphatic heterocycles. The molecule has 34 heavy (non-hydrogen) atoms. The summed E-state index contributed by atoms with van der Waals surface area (Å²) >= 11 is 4.50. The van der Waals surface area contributed by atoms with E-state index in [0.717, 1.165) is 27.6 Å². The number of benzene rings is 3. The van der Waals surface area contributed by atoms with Gasteiger partial charge in [-0.2, -0.15) is 13.2 Å². The number of amides is 1. The fourth-order valence-corrected chi connectivity index (χ4v) is 4.33. The zero-order chi connectivity index (χ0) is 24.3. The van der Waals surface area contributed by atoms with Gasteiger partial charge in [0, 0.05) is 22.3 Å². The first-order valence-corrected chi connectivity index (χ1v) is 11.5. The van der Waals surface area contributed by atoms with E-state index in [4.69, 9.17) is 0 Å². The Balaban J connectivity index is 1.59. The molecule has 4 aromatic rings. The van der Waals surface area contributed by atoms with Gasteiger partial charge in [0.25, 0.3) is 5.91 Å². The van der Waals surface area contributed by atoms with Crippen molar-refractivity contribution in [1.82, 2.24) is 10.3 Å². The van der Waals surface area contributed by atoms with E-state index in [1.54, 1.807) is 0 Å². The molecular weight excluding hydrogens is 534 g/mol. The SMILES string of the molecule is O=C(NCc1ccc(F)c(C(F)(F)F)c1)c1sc(Nc2ccc(Br)cc2)nc1-c1ccccc1. The fraction of sp³-hybridized carbons (Fsp3) is 0.0833. The maximum absolute atomic E-state index is 13.6. The van der Waals surface area contributed by atoms with Crippen molar-refractivity contribution in [1.29, 1.82) is 0 Å². The minimum atomic E-state index is -4.82. The molecule has 1 aromatic heterocycles. The van der Waals surface area contributed by atoms with Crippen LogP contribution < -0.4 is 10.6 Å². The van der Waals surface area contributed by atoms with E-state index < -0.39 is 23.5 Å². The number of nitrogens with zero attached hydrogens (tertiary/aromatic N) is 1. The summed E-state index contributed by atoms with van der Waals surface area (Å²) < 4.78 is 53.4. The van der Waals surface area contributed by atoms with Gasteiger partial charge in [0.2, 0.25) is 0 Å². The van der Waals surface area contributed by atoms with Crippen LogP contribution in [0.25, 0.3) is 11.3 Å². The molecule has 174 valence electrons. The number of carbonyl (C=O) groups is 1. The molecule has 0 unspecified atom stereocenters. The smallest absolute Gasteiger partial charge is 0.347 e. The van der Waals surface area contributed by atoms with Crippen LogP contribution in [0.15, 0.2) is 77.3 Å². The fourth-order valence-electron chi connectivity index (χ4n) is 3.14. The van der Waals surface area contributed by atoms with Crippen LogP contribution >= 0.6 is 27.3 Å². The first kappa shape index (κ1) is 23.9. The number of rotatable bonds is 6. The lowest BCUT2D eigenvalue weighted by molar-refractivity contribution is -0.140. The second-order valence-corrected chi connectivity index (χ2v) is 9.10. The second-order valence-electron chi connectivity index (χ2n) is 7.19. The first-order chi connectivity index (χ1) is 16.2. The average Bonchev–Trinajstić information content (AvgIpc) is 3.23. The summed E-state index contributed by atoms with van der Waals surface area (Å²) in [5.74, 6) is -1.86. The van der Waals surface area contributed by atoms with Crippen LogP contribution in [0.4, 0.5) is 28.4 Å². The van der Waals surface area contributed by atoms with E-state index in [2.05, 4.69) is 31.5 Å². The van der Waals surface area contributed by atoms with E-state index >= 15 is 0 Å². The van der Waals surface area contributed by atoms with Gasteiger partial charge in [0.15, 0.2) is 5.13 Å². The highest BCUT2D eigenvalue weighted by Gasteiger charge is 2.34. The molecule has 3 aromatic carbocycles. The standard InChI is InChI=1S/C24H16BrF4N3OS/c25-16-7-9-17(10-8-16)31-23-32-20(15-4-2-1-3-5-15)21(34-23)22(33)30-13-14-6-11-19(26)18(12-14)24(27,28)29/h1-12H,13H2,(H,30,33)(H,31,32). The monoisotopic (exact) mass is 549 g/mol. The Morgan fingerprint density at radius 3 is 2.38 bits per heavy atom. The number of hydrogen-bond donors (Lipinski definition) is 2. The summed E-state index contributed by atoms with van der Waals surface area (Å²) in [5, 5.41) is 6.26. The number of alkyl halides is 3. The van der Waals surface area contributed by atoms with Crippen LogP contribution in [0, 0.1) is 5.82 Å². The Hall–Kier alpha value is -3.24. The summed E-state index contributed by atoms with van der Waals surface area (Å²) in [6.45, 7) is -0.205. The van der Waals surface area contributed by atoms with Crippen molar-refractivity contribution in [3.63, 3.8) is 0 Å². The van der Waals surface area contributed by atoms with Crippen molar-refractivity contribution in [3.05, 3.63) is 99.1 Å². The van der Waals surface area contributed by atoms with Crippen LogP contribution in [0.2, 0.25) is 0 Å². The zero-order valence-electron chi connectivity index (χ0n) is 17.3. The van der Waals surface area contributed by atoms with Gasteiger partial charge in [-0.3, -0.25) is 4.79 Å². The molecule has 1 heterocycles. The lowest BCUT2D eigenvalue weighted by Gasteiger charge is -2.11. The summed E-state index contributed by atoms with van der Waals surface area (Å²) in [6, 6.07) is 19.1. The van der Waals surface area contributed by atoms with Gasteiger partial charge in [-0.1, -0.05) is 63.7 Å². The van der Waals surface area contributed by atoms with E-state index in [1.807, 2.05) is 54.6 Å². The van der Waals surface area contributed by atoms with E-state index in [0.29, 0.717) is 27.3 Å². The number of nitrogens with one attached hydrogen (secondary N) is 2. The Bertz CT molecular complexity index is 1310. The highest BCUT2D eigenvalue weighted by Crippen LogP contribution is 2.34. The molecule has 4 rings (SSSR count). The molecule has 0 spiro atoms. The van der Waals surface area contributed by atoms with Gasteiger partial charge in [0.1, 0.15) is 10.7 Å². The summed E-state index contributed by atoms with van der Waals surface area (Å²) in [7, 11) is 0. The van der Waals surface area contributed by atoms with Gasteiger partial charge in [0.05, 0.1) is 11.3 Å². The quantitative estimate of drug-likeness (QED) is 0.246. The van der Waals surface area contributed by atoms with Crippen LogP contribution in [0.5, 0.6) is 0 Å². The molecule has 0 fully saturated rings. The molecule has 10 heteroatoms. The number of carbonyl (C=O) groups excluding carboxylic acids is 1. The predicted molar refractivity (Wildman–Crippen MR) is 128 cm³/mol. The number of hydrogen-bond acceptors (Lipinski definition) is 4. The molecule has 2 N–H and O–H groups in total. The Labute approximate surface area is 204 Å². The van der Waals surface area contributed by atoms with Gasteiger partial charge in [-0.15, -0.1) is 0 Å². The van der Waals surface area contributed by atoms with Gasteiger partial charge in [-0.25, -0.2) is 9.37 Å². The molecule has 1 amide bonds. The van der Waals surface area contributed by atoms with Crippen molar-refractivity contribution < 1.29 is 22.4 Å². The van der Waals surface area contributed by atoms with E-state index in [9.17, 15) is 22.4 Å². The summed E-state index contributed by atoms with van der Waals surface area (Å²) in [6.07, 6.45) is -4.82. The van der Waals surface area contributed by atoms with Crippen LogP contribution in [0.3, 0.4) is 0 Å². The lowest BCUT2D eigenvalue weighted by atomic mass is 10.1. The molecule has 0 saturated carbocycles. The van der Waals surface area contributed by atoms with Crippen molar-refractivity contribution in [2.24, 2.45) is 0 Å². The van der Waals surface area contributed by atoms with E-state index in [1.165, 1.54) is 6.07 Å². The normalized spacial score (nSPS) is 11.3. The highest BCUT2D eigenvalue weighted by atomic mass is 79.9.